The summed E-state index contributed by atoms with van der Waals surface area (Å²) < 4.78 is 5.66. The number of hydrogen-bond acceptors (Lipinski definition) is 4. The highest BCUT2D eigenvalue weighted by Gasteiger charge is 2.06. The molecule has 1 aromatic carbocycles. The van der Waals surface area contributed by atoms with Gasteiger partial charge in [-0.2, -0.15) is 5.26 Å². The first kappa shape index (κ1) is 15.5. The third-order valence-corrected chi connectivity index (χ3v) is 2.92. The maximum absolute atomic E-state index is 11.6. The number of rotatable bonds is 6. The summed E-state index contributed by atoms with van der Waals surface area (Å²) in [5.41, 5.74) is 1.58. The van der Waals surface area contributed by atoms with Gasteiger partial charge in [0, 0.05) is 17.0 Å². The number of amides is 1. The van der Waals surface area contributed by atoms with Gasteiger partial charge in [-0.05, 0) is 24.6 Å². The van der Waals surface area contributed by atoms with Crippen molar-refractivity contribution in [2.75, 3.05) is 13.2 Å². The molecule has 0 fully saturated rings. The van der Waals surface area contributed by atoms with Crippen LogP contribution in [0.2, 0.25) is 0 Å². The lowest BCUT2D eigenvalue weighted by molar-refractivity contribution is -0.116. The number of pyridine rings is 1. The second kappa shape index (κ2) is 7.79. The van der Waals surface area contributed by atoms with Crippen LogP contribution in [0.5, 0.6) is 5.88 Å². The van der Waals surface area contributed by atoms with Gasteiger partial charge in [-0.25, -0.2) is 4.98 Å². The van der Waals surface area contributed by atoms with E-state index < -0.39 is 0 Å². The van der Waals surface area contributed by atoms with E-state index in [4.69, 9.17) is 10.00 Å². The highest BCUT2D eigenvalue weighted by atomic mass is 16.5. The Labute approximate surface area is 129 Å². The molecule has 0 aliphatic carbocycles. The standard InChI is InChI=1S/C17H17N3O2/c1-2-11-22-17-14(7-8-16(21)19-10-9-18)12-13-5-3-4-6-15(13)20-17/h3-8,12H,2,10-11H2,1H3,(H,19,21). The summed E-state index contributed by atoms with van der Waals surface area (Å²) >= 11 is 0. The summed E-state index contributed by atoms with van der Waals surface area (Å²) in [5, 5.41) is 11.9. The average molecular weight is 295 g/mol. The van der Waals surface area contributed by atoms with Crippen LogP contribution in [0.4, 0.5) is 0 Å². The average Bonchev–Trinajstić information content (AvgIpc) is 2.55. The molecule has 1 heterocycles. The van der Waals surface area contributed by atoms with Crippen molar-refractivity contribution in [3.63, 3.8) is 0 Å². The zero-order valence-corrected chi connectivity index (χ0v) is 12.4. The van der Waals surface area contributed by atoms with Gasteiger partial charge >= 0.3 is 0 Å². The molecule has 0 bridgehead atoms. The van der Waals surface area contributed by atoms with Crippen molar-refractivity contribution >= 4 is 22.9 Å². The van der Waals surface area contributed by atoms with Crippen LogP contribution in [0.25, 0.3) is 17.0 Å². The fourth-order valence-corrected chi connectivity index (χ4v) is 1.90. The summed E-state index contributed by atoms with van der Waals surface area (Å²) in [6.45, 7) is 2.57. The lowest BCUT2D eigenvalue weighted by Crippen LogP contribution is -2.20. The topological polar surface area (TPSA) is 75.0 Å². The lowest BCUT2D eigenvalue weighted by atomic mass is 10.1. The van der Waals surface area contributed by atoms with Crippen LogP contribution in [0, 0.1) is 11.3 Å². The maximum atomic E-state index is 11.6. The smallest absolute Gasteiger partial charge is 0.244 e. The Bertz CT molecular complexity index is 732. The molecule has 1 amide bonds. The number of nitrogens with one attached hydrogen (secondary N) is 1. The molecule has 22 heavy (non-hydrogen) atoms. The van der Waals surface area contributed by atoms with Crippen molar-refractivity contribution in [1.29, 1.82) is 5.26 Å². The van der Waals surface area contributed by atoms with Gasteiger partial charge in [0.1, 0.15) is 6.54 Å². The number of fused-ring (bicyclic) bond motifs is 1. The van der Waals surface area contributed by atoms with E-state index in [0.29, 0.717) is 12.5 Å². The Morgan fingerprint density at radius 3 is 3.05 bits per heavy atom. The molecule has 1 aromatic heterocycles. The minimum Gasteiger partial charge on any atom is -0.477 e. The Hall–Kier alpha value is -2.87. The summed E-state index contributed by atoms with van der Waals surface area (Å²) in [7, 11) is 0. The van der Waals surface area contributed by atoms with Crippen molar-refractivity contribution < 1.29 is 9.53 Å². The predicted octanol–water partition coefficient (Wildman–Crippen LogP) is 2.68. The van der Waals surface area contributed by atoms with E-state index >= 15 is 0 Å². The monoisotopic (exact) mass is 295 g/mol. The number of nitriles is 1. The number of benzene rings is 1. The molecule has 0 radical (unpaired) electrons. The van der Waals surface area contributed by atoms with Gasteiger partial charge in [-0.15, -0.1) is 0 Å². The van der Waals surface area contributed by atoms with Gasteiger partial charge in [0.2, 0.25) is 11.8 Å². The van der Waals surface area contributed by atoms with Crippen molar-refractivity contribution in [2.24, 2.45) is 0 Å². The van der Waals surface area contributed by atoms with Crippen molar-refractivity contribution in [3.05, 3.63) is 42.0 Å². The summed E-state index contributed by atoms with van der Waals surface area (Å²) in [5.74, 6) is 0.182. The second-order valence-electron chi connectivity index (χ2n) is 4.63. The third-order valence-electron chi connectivity index (χ3n) is 2.92. The van der Waals surface area contributed by atoms with Crippen LogP contribution < -0.4 is 10.1 Å². The largest absolute Gasteiger partial charge is 0.477 e. The van der Waals surface area contributed by atoms with Crippen LogP contribution in [0.1, 0.15) is 18.9 Å². The van der Waals surface area contributed by atoms with Gasteiger partial charge in [-0.1, -0.05) is 25.1 Å². The van der Waals surface area contributed by atoms with E-state index in [2.05, 4.69) is 10.3 Å². The van der Waals surface area contributed by atoms with Crippen LogP contribution in [0.3, 0.4) is 0 Å². The molecule has 0 saturated heterocycles. The molecule has 2 rings (SSSR count). The normalized spacial score (nSPS) is 10.5. The van der Waals surface area contributed by atoms with Crippen molar-refractivity contribution in [2.45, 2.75) is 13.3 Å². The minimum atomic E-state index is -0.323. The Kier molecular flexibility index (Phi) is 5.50. The fraction of sp³-hybridized carbons (Fsp3) is 0.235. The number of para-hydroxylation sites is 1. The Balaban J connectivity index is 2.30. The first-order chi connectivity index (χ1) is 10.7. The number of hydrogen-bond donors (Lipinski definition) is 1. The molecule has 0 saturated carbocycles. The highest BCUT2D eigenvalue weighted by Crippen LogP contribution is 2.23. The summed E-state index contributed by atoms with van der Waals surface area (Å²) in [6, 6.07) is 11.5. The van der Waals surface area contributed by atoms with Gasteiger partial charge < -0.3 is 10.1 Å². The fourth-order valence-electron chi connectivity index (χ4n) is 1.90. The van der Waals surface area contributed by atoms with Gasteiger partial charge in [-0.3, -0.25) is 4.79 Å². The van der Waals surface area contributed by atoms with Gasteiger partial charge in [0.15, 0.2) is 0 Å². The molecular formula is C17H17N3O2. The Morgan fingerprint density at radius 1 is 1.45 bits per heavy atom. The second-order valence-corrected chi connectivity index (χ2v) is 4.63. The van der Waals surface area contributed by atoms with E-state index in [1.807, 2.05) is 43.3 Å². The van der Waals surface area contributed by atoms with E-state index in [0.717, 1.165) is 22.9 Å². The van der Waals surface area contributed by atoms with Crippen LogP contribution in [-0.4, -0.2) is 24.0 Å². The molecule has 2 aromatic rings. The number of aromatic nitrogens is 1. The third kappa shape index (κ3) is 4.06. The van der Waals surface area contributed by atoms with E-state index in [1.165, 1.54) is 6.08 Å². The van der Waals surface area contributed by atoms with Crippen molar-refractivity contribution in [3.8, 4) is 11.9 Å². The maximum Gasteiger partial charge on any atom is 0.244 e. The molecule has 112 valence electrons. The molecule has 0 aliphatic rings. The first-order valence-corrected chi connectivity index (χ1v) is 7.10. The Morgan fingerprint density at radius 2 is 2.27 bits per heavy atom. The quantitative estimate of drug-likeness (QED) is 0.656. The van der Waals surface area contributed by atoms with Gasteiger partial charge in [0.05, 0.1) is 18.2 Å². The zero-order chi connectivity index (χ0) is 15.8. The molecule has 0 spiro atoms. The highest BCUT2D eigenvalue weighted by molar-refractivity contribution is 5.93. The molecule has 5 heteroatoms. The number of carbonyl (C=O) groups is 1. The molecule has 5 nitrogen and oxygen atoms in total. The minimum absolute atomic E-state index is 0.0155. The number of carbonyl (C=O) groups excluding carboxylic acids is 1. The SMILES string of the molecule is CCCOc1nc2ccccc2cc1C=CC(=O)NCC#N. The lowest BCUT2D eigenvalue weighted by Gasteiger charge is -2.09. The van der Waals surface area contributed by atoms with Crippen LogP contribution >= 0.6 is 0 Å². The van der Waals surface area contributed by atoms with Crippen molar-refractivity contribution in [1.82, 2.24) is 10.3 Å². The van der Waals surface area contributed by atoms with E-state index in [-0.39, 0.29) is 12.5 Å². The molecule has 0 aliphatic heterocycles. The van der Waals surface area contributed by atoms with Crippen LogP contribution in [0.15, 0.2) is 36.4 Å². The number of ether oxygens (including phenoxy) is 1. The molecule has 1 N–H and O–H groups in total. The van der Waals surface area contributed by atoms with E-state index in [9.17, 15) is 4.79 Å². The van der Waals surface area contributed by atoms with Gasteiger partial charge in [0.25, 0.3) is 0 Å². The number of nitrogens with zero attached hydrogens (tertiary/aromatic N) is 2. The summed E-state index contributed by atoms with van der Waals surface area (Å²) in [6.07, 6.45) is 3.90. The molecular weight excluding hydrogens is 278 g/mol. The zero-order valence-electron chi connectivity index (χ0n) is 12.4. The molecule has 0 atom stereocenters. The summed E-state index contributed by atoms with van der Waals surface area (Å²) in [4.78, 5) is 16.0. The first-order valence-electron chi connectivity index (χ1n) is 7.10. The van der Waals surface area contributed by atoms with Crippen LogP contribution in [-0.2, 0) is 4.79 Å². The molecule has 0 unspecified atom stereocenters. The van der Waals surface area contributed by atoms with E-state index in [1.54, 1.807) is 6.08 Å². The predicted molar refractivity (Wildman–Crippen MR) is 85.2 cm³/mol.